The Balaban J connectivity index is 1.91. The third kappa shape index (κ3) is 3.60. The lowest BCUT2D eigenvalue weighted by Crippen LogP contribution is -2.22. The molecule has 20 heavy (non-hydrogen) atoms. The summed E-state index contributed by atoms with van der Waals surface area (Å²) in [7, 11) is 0. The first-order valence-electron chi connectivity index (χ1n) is 6.42. The quantitative estimate of drug-likeness (QED) is 0.936. The minimum atomic E-state index is -0.570. The highest BCUT2D eigenvalue weighted by molar-refractivity contribution is 5.18. The molecule has 1 N–H and O–H groups in total. The van der Waals surface area contributed by atoms with Gasteiger partial charge in [0.15, 0.2) is 0 Å². The van der Waals surface area contributed by atoms with E-state index in [4.69, 9.17) is 0 Å². The Hall–Kier alpha value is -1.82. The van der Waals surface area contributed by atoms with Crippen LogP contribution in [-0.2, 0) is 18.6 Å². The molecule has 0 unspecified atom stereocenters. The van der Waals surface area contributed by atoms with Gasteiger partial charge in [0, 0.05) is 24.7 Å². The molecule has 4 nitrogen and oxygen atoms in total. The summed E-state index contributed by atoms with van der Waals surface area (Å²) in [5.74, 6) is -1.12. The molecule has 0 radical (unpaired) electrons. The molecule has 108 valence electrons. The molecule has 0 aliphatic rings. The normalized spacial score (nSPS) is 11.8. The van der Waals surface area contributed by atoms with E-state index in [1.165, 1.54) is 12.1 Å². The SMILES string of the molecule is CC(C)(C)n1cc(CNCc2ccc(F)cc2F)nn1. The molecule has 0 bridgehead atoms. The van der Waals surface area contributed by atoms with Crippen molar-refractivity contribution in [3.8, 4) is 0 Å². The molecule has 6 heteroatoms. The Morgan fingerprint density at radius 1 is 1.20 bits per heavy atom. The summed E-state index contributed by atoms with van der Waals surface area (Å²) in [5, 5.41) is 11.2. The standard InChI is InChI=1S/C14H18F2N4/c1-14(2,3)20-9-12(18-19-20)8-17-7-10-4-5-11(15)6-13(10)16/h4-6,9,17H,7-8H2,1-3H3. The fraction of sp³-hybridized carbons (Fsp3) is 0.429. The highest BCUT2D eigenvalue weighted by atomic mass is 19.1. The highest BCUT2D eigenvalue weighted by Crippen LogP contribution is 2.12. The molecular weight excluding hydrogens is 262 g/mol. The summed E-state index contributed by atoms with van der Waals surface area (Å²) in [5.41, 5.74) is 1.09. The van der Waals surface area contributed by atoms with Crippen LogP contribution >= 0.6 is 0 Å². The summed E-state index contributed by atoms with van der Waals surface area (Å²) in [4.78, 5) is 0. The predicted molar refractivity (Wildman–Crippen MR) is 71.9 cm³/mol. The number of aromatic nitrogens is 3. The van der Waals surface area contributed by atoms with Gasteiger partial charge in [-0.2, -0.15) is 0 Å². The average molecular weight is 280 g/mol. The molecule has 2 aromatic rings. The Morgan fingerprint density at radius 3 is 2.55 bits per heavy atom. The maximum Gasteiger partial charge on any atom is 0.130 e. The van der Waals surface area contributed by atoms with E-state index in [-0.39, 0.29) is 5.54 Å². The summed E-state index contributed by atoms with van der Waals surface area (Å²) < 4.78 is 28.0. The minimum Gasteiger partial charge on any atom is -0.307 e. The van der Waals surface area contributed by atoms with E-state index in [0.29, 0.717) is 18.7 Å². The predicted octanol–water partition coefficient (Wildman–Crippen LogP) is 2.60. The molecule has 0 fully saturated rings. The van der Waals surface area contributed by atoms with Gasteiger partial charge < -0.3 is 5.32 Å². The Labute approximate surface area is 116 Å². The maximum absolute atomic E-state index is 13.4. The molecular formula is C14H18F2N4. The summed E-state index contributed by atoms with van der Waals surface area (Å²) in [6.07, 6.45) is 1.86. The van der Waals surface area contributed by atoms with Crippen LogP contribution in [0, 0.1) is 11.6 Å². The Bertz CT molecular complexity index is 587. The van der Waals surface area contributed by atoms with Crippen molar-refractivity contribution in [2.24, 2.45) is 0 Å². The molecule has 0 atom stereocenters. The van der Waals surface area contributed by atoms with Gasteiger partial charge in [-0.1, -0.05) is 11.3 Å². The molecule has 0 spiro atoms. The van der Waals surface area contributed by atoms with E-state index in [2.05, 4.69) is 15.6 Å². The fourth-order valence-corrected chi connectivity index (χ4v) is 1.70. The maximum atomic E-state index is 13.4. The highest BCUT2D eigenvalue weighted by Gasteiger charge is 2.14. The van der Waals surface area contributed by atoms with Crippen LogP contribution in [0.2, 0.25) is 0 Å². The van der Waals surface area contributed by atoms with E-state index >= 15 is 0 Å². The van der Waals surface area contributed by atoms with Gasteiger partial charge in [0.2, 0.25) is 0 Å². The number of halogens is 2. The van der Waals surface area contributed by atoms with Crippen molar-refractivity contribution in [3.63, 3.8) is 0 Å². The van der Waals surface area contributed by atoms with Gasteiger partial charge >= 0.3 is 0 Å². The van der Waals surface area contributed by atoms with Crippen LogP contribution in [0.5, 0.6) is 0 Å². The van der Waals surface area contributed by atoms with Crippen molar-refractivity contribution in [2.75, 3.05) is 0 Å². The second-order valence-electron chi connectivity index (χ2n) is 5.66. The van der Waals surface area contributed by atoms with Crippen LogP contribution in [-0.4, -0.2) is 15.0 Å². The monoisotopic (exact) mass is 280 g/mol. The van der Waals surface area contributed by atoms with E-state index < -0.39 is 11.6 Å². The molecule has 0 saturated carbocycles. The van der Waals surface area contributed by atoms with Crippen molar-refractivity contribution in [3.05, 3.63) is 47.3 Å². The molecule has 1 aromatic carbocycles. The lowest BCUT2D eigenvalue weighted by molar-refractivity contribution is 0.347. The number of benzene rings is 1. The van der Waals surface area contributed by atoms with Gasteiger partial charge in [0.05, 0.1) is 17.4 Å². The first-order valence-corrected chi connectivity index (χ1v) is 6.42. The molecule has 0 saturated heterocycles. The number of nitrogens with one attached hydrogen (secondary N) is 1. The van der Waals surface area contributed by atoms with Crippen LogP contribution in [0.3, 0.4) is 0 Å². The molecule has 0 aliphatic carbocycles. The number of hydrogen-bond donors (Lipinski definition) is 1. The van der Waals surface area contributed by atoms with Crippen LogP contribution in [0.15, 0.2) is 24.4 Å². The first-order chi connectivity index (χ1) is 9.36. The number of rotatable bonds is 4. The summed E-state index contributed by atoms with van der Waals surface area (Å²) in [6, 6.07) is 3.56. The molecule has 0 aliphatic heterocycles. The van der Waals surface area contributed by atoms with Crippen molar-refractivity contribution in [1.82, 2.24) is 20.3 Å². The average Bonchev–Trinajstić information content (AvgIpc) is 2.80. The van der Waals surface area contributed by atoms with Gasteiger partial charge in [-0.25, -0.2) is 13.5 Å². The smallest absolute Gasteiger partial charge is 0.130 e. The van der Waals surface area contributed by atoms with Crippen molar-refractivity contribution in [1.29, 1.82) is 0 Å². The van der Waals surface area contributed by atoms with Gasteiger partial charge in [0.1, 0.15) is 11.6 Å². The van der Waals surface area contributed by atoms with Gasteiger partial charge in [-0.05, 0) is 26.8 Å². The largest absolute Gasteiger partial charge is 0.307 e. The number of hydrogen-bond acceptors (Lipinski definition) is 3. The van der Waals surface area contributed by atoms with Crippen LogP contribution in [0.1, 0.15) is 32.0 Å². The van der Waals surface area contributed by atoms with Crippen LogP contribution < -0.4 is 5.32 Å². The van der Waals surface area contributed by atoms with Gasteiger partial charge in [-0.3, -0.25) is 0 Å². The topological polar surface area (TPSA) is 42.7 Å². The fourth-order valence-electron chi connectivity index (χ4n) is 1.70. The van der Waals surface area contributed by atoms with E-state index in [1.807, 2.05) is 27.0 Å². The molecule has 0 amide bonds. The summed E-state index contributed by atoms with van der Waals surface area (Å²) in [6.45, 7) is 6.90. The Kier molecular flexibility index (Phi) is 4.13. The zero-order valence-corrected chi connectivity index (χ0v) is 11.8. The molecule has 1 heterocycles. The molecule has 1 aromatic heterocycles. The lowest BCUT2D eigenvalue weighted by Gasteiger charge is -2.17. The minimum absolute atomic E-state index is 0.117. The van der Waals surface area contributed by atoms with Crippen molar-refractivity contribution in [2.45, 2.75) is 39.4 Å². The van der Waals surface area contributed by atoms with Gasteiger partial charge in [-0.15, -0.1) is 5.10 Å². The van der Waals surface area contributed by atoms with Gasteiger partial charge in [0.25, 0.3) is 0 Å². The zero-order chi connectivity index (χ0) is 14.8. The van der Waals surface area contributed by atoms with Crippen molar-refractivity contribution >= 4 is 0 Å². The van der Waals surface area contributed by atoms with E-state index in [1.54, 1.807) is 4.68 Å². The van der Waals surface area contributed by atoms with Crippen molar-refractivity contribution < 1.29 is 8.78 Å². The van der Waals surface area contributed by atoms with E-state index in [0.717, 1.165) is 11.8 Å². The summed E-state index contributed by atoms with van der Waals surface area (Å²) >= 11 is 0. The third-order valence-electron chi connectivity index (χ3n) is 2.86. The number of nitrogens with zero attached hydrogens (tertiary/aromatic N) is 3. The first kappa shape index (κ1) is 14.6. The van der Waals surface area contributed by atoms with E-state index in [9.17, 15) is 8.78 Å². The lowest BCUT2D eigenvalue weighted by atomic mass is 10.1. The van der Waals surface area contributed by atoms with Crippen LogP contribution in [0.4, 0.5) is 8.78 Å². The Morgan fingerprint density at radius 2 is 1.95 bits per heavy atom. The second-order valence-corrected chi connectivity index (χ2v) is 5.66. The second kappa shape index (κ2) is 5.66. The third-order valence-corrected chi connectivity index (χ3v) is 2.86. The van der Waals surface area contributed by atoms with Crippen LogP contribution in [0.25, 0.3) is 0 Å². The zero-order valence-electron chi connectivity index (χ0n) is 11.8. The molecule has 2 rings (SSSR count).